The Kier molecular flexibility index (Phi) is 9.03. The van der Waals surface area contributed by atoms with Crippen molar-refractivity contribution in [3.8, 4) is 0 Å². The monoisotopic (exact) mass is 151 g/mol. The number of rotatable bonds is 6. The van der Waals surface area contributed by atoms with Gasteiger partial charge in [0.1, 0.15) is 0 Å². The molecule has 0 spiro atoms. The molecule has 0 heterocycles. The Labute approximate surface area is 71.0 Å². The van der Waals surface area contributed by atoms with Crippen molar-refractivity contribution in [2.75, 3.05) is 0 Å². The van der Waals surface area contributed by atoms with Gasteiger partial charge in [-0.05, 0) is 32.6 Å². The van der Waals surface area contributed by atoms with E-state index in [1.807, 2.05) is 0 Å². The minimum atomic E-state index is 0.915. The zero-order valence-corrected chi connectivity index (χ0v) is 7.55. The van der Waals surface area contributed by atoms with Crippen molar-refractivity contribution in [1.29, 1.82) is 0 Å². The summed E-state index contributed by atoms with van der Waals surface area (Å²) in [6.07, 6.45) is 14.6. The van der Waals surface area contributed by atoms with E-state index in [0.29, 0.717) is 0 Å². The fourth-order valence-corrected chi connectivity index (χ4v) is 0.831. The molecule has 0 aromatic carbocycles. The minimum Gasteiger partial charge on any atom is -0.0885 e. The van der Waals surface area contributed by atoms with Crippen LogP contribution in [0.3, 0.4) is 0 Å². The topological polar surface area (TPSA) is 0 Å². The van der Waals surface area contributed by atoms with E-state index >= 15 is 0 Å². The predicted octanol–water partition coefficient (Wildman–Crippen LogP) is 3.90. The van der Waals surface area contributed by atoms with E-state index in [-0.39, 0.29) is 0 Å². The SMILES string of the molecule is [CH2]C/C=C/CC/C=C/CCC. The van der Waals surface area contributed by atoms with Gasteiger partial charge >= 0.3 is 0 Å². The Morgan fingerprint density at radius 2 is 1.45 bits per heavy atom. The maximum atomic E-state index is 3.73. The van der Waals surface area contributed by atoms with Gasteiger partial charge in [0, 0.05) is 0 Å². The molecule has 0 rings (SSSR count). The van der Waals surface area contributed by atoms with Gasteiger partial charge in [0.25, 0.3) is 0 Å². The highest BCUT2D eigenvalue weighted by Crippen LogP contribution is 1.96. The smallest absolute Gasteiger partial charge is 0.0316 e. The Bertz CT molecular complexity index is 109. The van der Waals surface area contributed by atoms with Gasteiger partial charge in [-0.15, -0.1) is 0 Å². The molecule has 0 saturated heterocycles. The van der Waals surface area contributed by atoms with Crippen LogP contribution in [0.15, 0.2) is 24.3 Å². The quantitative estimate of drug-likeness (QED) is 0.399. The standard InChI is InChI=1S/C11H19/c1-3-5-7-9-11-10-8-6-4-2/h5,7-8,10H,1,3-4,6,9,11H2,2H3/b7-5+,10-8+. The summed E-state index contributed by atoms with van der Waals surface area (Å²) in [6.45, 7) is 5.93. The highest BCUT2D eigenvalue weighted by atomic mass is 13.8. The largest absolute Gasteiger partial charge is 0.0885 e. The molecule has 0 N–H and O–H groups in total. The first kappa shape index (κ1) is 10.5. The van der Waals surface area contributed by atoms with Crippen LogP contribution < -0.4 is 0 Å². The number of hydrogen-bond donors (Lipinski definition) is 0. The van der Waals surface area contributed by atoms with Crippen molar-refractivity contribution >= 4 is 0 Å². The van der Waals surface area contributed by atoms with E-state index in [9.17, 15) is 0 Å². The Morgan fingerprint density at radius 1 is 0.909 bits per heavy atom. The number of allylic oxidation sites excluding steroid dienone is 4. The van der Waals surface area contributed by atoms with E-state index in [1.165, 1.54) is 19.3 Å². The van der Waals surface area contributed by atoms with Crippen molar-refractivity contribution in [2.24, 2.45) is 0 Å². The molecule has 0 aromatic heterocycles. The van der Waals surface area contributed by atoms with E-state index in [2.05, 4.69) is 38.2 Å². The molecule has 0 saturated carbocycles. The molecule has 0 aliphatic rings. The molecule has 0 atom stereocenters. The molecule has 1 radical (unpaired) electrons. The van der Waals surface area contributed by atoms with Crippen LogP contribution in [0.5, 0.6) is 0 Å². The summed E-state index contributed by atoms with van der Waals surface area (Å²) in [4.78, 5) is 0. The predicted molar refractivity (Wildman–Crippen MR) is 52.4 cm³/mol. The van der Waals surface area contributed by atoms with Gasteiger partial charge in [0.05, 0.1) is 0 Å². The van der Waals surface area contributed by atoms with E-state index < -0.39 is 0 Å². The maximum Gasteiger partial charge on any atom is -0.0316 e. The van der Waals surface area contributed by atoms with Gasteiger partial charge in [0.2, 0.25) is 0 Å². The molecule has 0 aromatic rings. The van der Waals surface area contributed by atoms with Crippen LogP contribution >= 0.6 is 0 Å². The Morgan fingerprint density at radius 3 is 2.00 bits per heavy atom. The molecule has 0 aliphatic heterocycles. The third kappa shape index (κ3) is 9.48. The number of unbranched alkanes of at least 4 members (excludes halogenated alkanes) is 2. The van der Waals surface area contributed by atoms with Crippen LogP contribution in [0.4, 0.5) is 0 Å². The third-order valence-electron chi connectivity index (χ3n) is 1.46. The van der Waals surface area contributed by atoms with Crippen molar-refractivity contribution in [3.63, 3.8) is 0 Å². The second kappa shape index (κ2) is 9.48. The molecule has 0 heteroatoms. The zero-order valence-electron chi connectivity index (χ0n) is 7.55. The summed E-state index contributed by atoms with van der Waals surface area (Å²) in [5.41, 5.74) is 0. The first-order valence-corrected chi connectivity index (χ1v) is 4.51. The fraction of sp³-hybridized carbons (Fsp3) is 0.545. The lowest BCUT2D eigenvalue weighted by Crippen LogP contribution is -1.66. The molecule has 0 unspecified atom stereocenters. The summed E-state index contributed by atoms with van der Waals surface area (Å²) in [6, 6.07) is 0. The fourth-order valence-electron chi connectivity index (χ4n) is 0.831. The maximum absolute atomic E-state index is 3.73. The van der Waals surface area contributed by atoms with E-state index in [1.54, 1.807) is 0 Å². The molecule has 63 valence electrons. The molecule has 0 fully saturated rings. The lowest BCUT2D eigenvalue weighted by atomic mass is 10.2. The summed E-state index contributed by atoms with van der Waals surface area (Å²) in [7, 11) is 0. The van der Waals surface area contributed by atoms with Gasteiger partial charge in [-0.2, -0.15) is 0 Å². The van der Waals surface area contributed by atoms with Crippen LogP contribution in [-0.4, -0.2) is 0 Å². The minimum absolute atomic E-state index is 0.915. The molecule has 11 heavy (non-hydrogen) atoms. The van der Waals surface area contributed by atoms with E-state index in [4.69, 9.17) is 0 Å². The van der Waals surface area contributed by atoms with Gasteiger partial charge in [-0.3, -0.25) is 0 Å². The van der Waals surface area contributed by atoms with Crippen LogP contribution in [0.25, 0.3) is 0 Å². The molecule has 0 aliphatic carbocycles. The van der Waals surface area contributed by atoms with E-state index in [0.717, 1.165) is 12.8 Å². The van der Waals surface area contributed by atoms with Gasteiger partial charge in [-0.1, -0.05) is 37.6 Å². The zero-order chi connectivity index (χ0) is 8.36. The molecular weight excluding hydrogens is 132 g/mol. The highest BCUT2D eigenvalue weighted by Gasteiger charge is 1.75. The highest BCUT2D eigenvalue weighted by molar-refractivity contribution is 4.88. The van der Waals surface area contributed by atoms with Gasteiger partial charge in [-0.25, -0.2) is 0 Å². The van der Waals surface area contributed by atoms with Crippen molar-refractivity contribution in [2.45, 2.75) is 39.0 Å². The average Bonchev–Trinajstić information content (AvgIpc) is 2.03. The van der Waals surface area contributed by atoms with Gasteiger partial charge < -0.3 is 0 Å². The Balaban J connectivity index is 3.06. The normalized spacial score (nSPS) is 11.8. The first-order valence-electron chi connectivity index (χ1n) is 4.51. The second-order valence-electron chi connectivity index (χ2n) is 2.60. The average molecular weight is 151 g/mol. The summed E-state index contributed by atoms with van der Waals surface area (Å²) >= 11 is 0. The molecule has 0 amide bonds. The lowest BCUT2D eigenvalue weighted by Gasteiger charge is -1.86. The summed E-state index contributed by atoms with van der Waals surface area (Å²) in [5.74, 6) is 0. The summed E-state index contributed by atoms with van der Waals surface area (Å²) in [5, 5.41) is 0. The van der Waals surface area contributed by atoms with Crippen LogP contribution in [0.2, 0.25) is 0 Å². The van der Waals surface area contributed by atoms with Crippen LogP contribution in [0, 0.1) is 6.92 Å². The third-order valence-corrected chi connectivity index (χ3v) is 1.46. The van der Waals surface area contributed by atoms with Crippen molar-refractivity contribution < 1.29 is 0 Å². The molecular formula is C11H19. The number of hydrogen-bond acceptors (Lipinski definition) is 0. The van der Waals surface area contributed by atoms with Crippen molar-refractivity contribution in [1.82, 2.24) is 0 Å². The summed E-state index contributed by atoms with van der Waals surface area (Å²) < 4.78 is 0. The molecule has 0 bridgehead atoms. The molecule has 0 nitrogen and oxygen atoms in total. The lowest BCUT2D eigenvalue weighted by molar-refractivity contribution is 0.943. The first-order chi connectivity index (χ1) is 5.41. The second-order valence-corrected chi connectivity index (χ2v) is 2.60. The van der Waals surface area contributed by atoms with Crippen LogP contribution in [-0.2, 0) is 0 Å². The van der Waals surface area contributed by atoms with Crippen LogP contribution in [0.1, 0.15) is 39.0 Å². The Hall–Kier alpha value is -0.520. The van der Waals surface area contributed by atoms with Crippen molar-refractivity contribution in [3.05, 3.63) is 31.2 Å². The van der Waals surface area contributed by atoms with Gasteiger partial charge in [0.15, 0.2) is 0 Å².